The summed E-state index contributed by atoms with van der Waals surface area (Å²) in [5, 5.41) is 0. The van der Waals surface area contributed by atoms with Crippen molar-refractivity contribution in [1.29, 1.82) is 0 Å². The lowest BCUT2D eigenvalue weighted by molar-refractivity contribution is 0.585. The summed E-state index contributed by atoms with van der Waals surface area (Å²) >= 11 is 6.69. The Labute approximate surface area is 214 Å². The molecular weight excluding hydrogens is 524 g/mol. The molecule has 0 amide bonds. The fourth-order valence-corrected chi connectivity index (χ4v) is 6.49. The second-order valence-electron chi connectivity index (χ2n) is 8.44. The van der Waals surface area contributed by atoms with Crippen molar-refractivity contribution in [2.75, 3.05) is 6.26 Å². The molecule has 6 rings (SSSR count). The van der Waals surface area contributed by atoms with Crippen molar-refractivity contribution in [3.63, 3.8) is 0 Å². The molecule has 1 aliphatic heterocycles. The minimum absolute atomic E-state index is 0.0241. The average Bonchev–Trinajstić information content (AvgIpc) is 3.18. The zero-order valence-electron chi connectivity index (χ0n) is 18.5. The molecular formula is C28H21BrN2OS2. The highest BCUT2D eigenvalue weighted by Gasteiger charge is 2.32. The Kier molecular flexibility index (Phi) is 5.68. The summed E-state index contributed by atoms with van der Waals surface area (Å²) in [5.74, 6) is 0. The Bertz CT molecular complexity index is 1610. The van der Waals surface area contributed by atoms with E-state index >= 15 is 0 Å². The molecule has 3 nitrogen and oxygen atoms in total. The van der Waals surface area contributed by atoms with Crippen molar-refractivity contribution in [2.24, 2.45) is 4.99 Å². The van der Waals surface area contributed by atoms with Crippen LogP contribution in [0.2, 0.25) is 0 Å². The monoisotopic (exact) mass is 544 g/mol. The van der Waals surface area contributed by atoms with Gasteiger partial charge in [-0.3, -0.25) is 9.36 Å². The van der Waals surface area contributed by atoms with Crippen molar-refractivity contribution >= 4 is 50.8 Å². The molecule has 0 saturated carbocycles. The van der Waals surface area contributed by atoms with Crippen LogP contribution in [0.15, 0.2) is 97.5 Å². The zero-order valence-corrected chi connectivity index (χ0v) is 21.7. The van der Waals surface area contributed by atoms with E-state index in [0.717, 1.165) is 38.9 Å². The molecule has 1 aromatic heterocycles. The standard InChI is InChI=1S/C28H21BrN2OS2/c1-33-21-13-8-19(9-14-21)26-23-15-10-18-4-2-3-5-22(18)25(23)30-28-31(26)27(32)24(34-28)16-17-6-11-20(29)12-7-17/h2-9,11-14,16,26H,10,15H2,1H3. The lowest BCUT2D eigenvalue weighted by Gasteiger charge is -2.30. The van der Waals surface area contributed by atoms with Crippen LogP contribution in [-0.2, 0) is 6.42 Å². The van der Waals surface area contributed by atoms with Gasteiger partial charge in [-0.25, -0.2) is 4.99 Å². The minimum atomic E-state index is -0.136. The van der Waals surface area contributed by atoms with Gasteiger partial charge in [0.25, 0.3) is 5.56 Å². The molecule has 168 valence electrons. The molecule has 1 aliphatic carbocycles. The number of fused-ring (bicyclic) bond motifs is 3. The maximum Gasteiger partial charge on any atom is 0.271 e. The lowest BCUT2D eigenvalue weighted by atomic mass is 9.83. The van der Waals surface area contributed by atoms with Crippen LogP contribution < -0.4 is 14.9 Å². The van der Waals surface area contributed by atoms with E-state index in [4.69, 9.17) is 4.99 Å². The second-order valence-corrected chi connectivity index (χ2v) is 11.2. The summed E-state index contributed by atoms with van der Waals surface area (Å²) in [6, 6.07) is 25.0. The van der Waals surface area contributed by atoms with Crippen LogP contribution in [0.1, 0.15) is 34.7 Å². The van der Waals surface area contributed by atoms with Gasteiger partial charge in [-0.05, 0) is 71.7 Å². The summed E-state index contributed by atoms with van der Waals surface area (Å²) in [5.41, 5.74) is 6.96. The number of aryl methyl sites for hydroxylation is 1. The summed E-state index contributed by atoms with van der Waals surface area (Å²) in [6.45, 7) is 0. The van der Waals surface area contributed by atoms with Gasteiger partial charge in [0.05, 0.1) is 16.3 Å². The number of thiazole rings is 1. The third-order valence-corrected chi connectivity index (χ3v) is 8.73. The number of nitrogens with zero attached hydrogens (tertiary/aromatic N) is 2. The van der Waals surface area contributed by atoms with E-state index in [1.165, 1.54) is 32.9 Å². The molecule has 1 atom stereocenters. The third kappa shape index (κ3) is 3.74. The topological polar surface area (TPSA) is 34.4 Å². The first-order chi connectivity index (χ1) is 16.6. The van der Waals surface area contributed by atoms with Gasteiger partial charge in [-0.15, -0.1) is 11.8 Å². The number of aromatic nitrogens is 1. The molecule has 0 bridgehead atoms. The Morgan fingerprint density at radius 2 is 1.79 bits per heavy atom. The molecule has 0 N–H and O–H groups in total. The van der Waals surface area contributed by atoms with Gasteiger partial charge in [0, 0.05) is 14.9 Å². The predicted molar refractivity (Wildman–Crippen MR) is 145 cm³/mol. The first kappa shape index (κ1) is 21.8. The Balaban J connectivity index is 1.60. The molecule has 2 heterocycles. The second kappa shape index (κ2) is 8.84. The molecule has 0 radical (unpaired) electrons. The van der Waals surface area contributed by atoms with Crippen LogP contribution in [0.5, 0.6) is 0 Å². The summed E-state index contributed by atoms with van der Waals surface area (Å²) in [7, 11) is 0. The highest BCUT2D eigenvalue weighted by Crippen LogP contribution is 2.41. The molecule has 3 aromatic carbocycles. The van der Waals surface area contributed by atoms with Gasteiger partial charge in [0.1, 0.15) is 0 Å². The highest BCUT2D eigenvalue weighted by molar-refractivity contribution is 9.10. The number of allylic oxidation sites excluding steroid dienone is 1. The van der Waals surface area contributed by atoms with Gasteiger partial charge < -0.3 is 0 Å². The molecule has 0 fully saturated rings. The number of halogens is 1. The van der Waals surface area contributed by atoms with Crippen LogP contribution >= 0.6 is 39.0 Å². The number of rotatable bonds is 3. The Hall–Kier alpha value is -2.67. The van der Waals surface area contributed by atoms with Crippen LogP contribution in [0.4, 0.5) is 0 Å². The summed E-state index contributed by atoms with van der Waals surface area (Å²) in [4.78, 5) is 20.8. The maximum absolute atomic E-state index is 13.8. The van der Waals surface area contributed by atoms with E-state index in [9.17, 15) is 4.79 Å². The van der Waals surface area contributed by atoms with E-state index in [-0.39, 0.29) is 11.6 Å². The van der Waals surface area contributed by atoms with Gasteiger partial charge in [0.15, 0.2) is 4.80 Å². The van der Waals surface area contributed by atoms with Crippen molar-refractivity contribution in [2.45, 2.75) is 23.8 Å². The first-order valence-corrected chi connectivity index (χ1v) is 14.0. The zero-order chi connectivity index (χ0) is 23.2. The van der Waals surface area contributed by atoms with Gasteiger partial charge in [0.2, 0.25) is 0 Å². The largest absolute Gasteiger partial charge is 0.272 e. The lowest BCUT2D eigenvalue weighted by Crippen LogP contribution is -2.38. The number of benzene rings is 3. The van der Waals surface area contributed by atoms with Crippen LogP contribution in [0, 0.1) is 0 Å². The van der Waals surface area contributed by atoms with E-state index in [1.807, 2.05) is 34.9 Å². The fourth-order valence-electron chi connectivity index (χ4n) is 4.82. The summed E-state index contributed by atoms with van der Waals surface area (Å²) < 4.78 is 3.64. The van der Waals surface area contributed by atoms with Crippen LogP contribution in [0.3, 0.4) is 0 Å². The number of hydrogen-bond donors (Lipinski definition) is 0. The fraction of sp³-hybridized carbons (Fsp3) is 0.143. The molecule has 0 spiro atoms. The SMILES string of the molecule is CSc1ccc(C2C3=C(N=c4sc(=Cc5ccc(Br)cc5)c(=O)n42)c2ccccc2CC3)cc1. The molecule has 2 aliphatic rings. The van der Waals surface area contributed by atoms with Crippen molar-refractivity contribution in [1.82, 2.24) is 4.57 Å². The Morgan fingerprint density at radius 3 is 2.56 bits per heavy atom. The predicted octanol–water partition coefficient (Wildman–Crippen LogP) is 5.80. The maximum atomic E-state index is 13.8. The minimum Gasteiger partial charge on any atom is -0.272 e. The quantitative estimate of drug-likeness (QED) is 0.305. The van der Waals surface area contributed by atoms with Crippen molar-refractivity contribution < 1.29 is 0 Å². The smallest absolute Gasteiger partial charge is 0.271 e. The van der Waals surface area contributed by atoms with Gasteiger partial charge >= 0.3 is 0 Å². The number of thioether (sulfide) groups is 1. The Morgan fingerprint density at radius 1 is 1.03 bits per heavy atom. The summed E-state index contributed by atoms with van der Waals surface area (Å²) in [6.07, 6.45) is 5.92. The molecule has 1 unspecified atom stereocenters. The van der Waals surface area contributed by atoms with E-state index in [2.05, 4.69) is 70.7 Å². The molecule has 4 aromatic rings. The van der Waals surface area contributed by atoms with Crippen LogP contribution in [0.25, 0.3) is 11.8 Å². The molecule has 0 saturated heterocycles. The third-order valence-electron chi connectivity index (χ3n) is 6.47. The van der Waals surface area contributed by atoms with Gasteiger partial charge in [-0.2, -0.15) is 0 Å². The van der Waals surface area contributed by atoms with Crippen LogP contribution in [-0.4, -0.2) is 10.8 Å². The highest BCUT2D eigenvalue weighted by atomic mass is 79.9. The van der Waals surface area contributed by atoms with Gasteiger partial charge in [-0.1, -0.05) is 75.8 Å². The normalized spacial score (nSPS) is 17.1. The van der Waals surface area contributed by atoms with Crippen molar-refractivity contribution in [3.05, 3.63) is 125 Å². The van der Waals surface area contributed by atoms with E-state index in [0.29, 0.717) is 4.53 Å². The number of hydrogen-bond acceptors (Lipinski definition) is 4. The van der Waals surface area contributed by atoms with E-state index < -0.39 is 0 Å². The molecule has 34 heavy (non-hydrogen) atoms. The average molecular weight is 546 g/mol. The van der Waals surface area contributed by atoms with E-state index in [1.54, 1.807) is 11.8 Å². The van der Waals surface area contributed by atoms with Crippen molar-refractivity contribution in [3.8, 4) is 0 Å². The molecule has 6 heteroatoms. The first-order valence-electron chi connectivity index (χ1n) is 11.1.